The fraction of sp³-hybridized carbons (Fsp3) is 0.538. The number of hydrogen-bond acceptors (Lipinski definition) is 2. The summed E-state index contributed by atoms with van der Waals surface area (Å²) < 4.78 is 30.7. The second-order valence-corrected chi connectivity index (χ2v) is 5.74. The zero-order chi connectivity index (χ0) is 12.9. The summed E-state index contributed by atoms with van der Waals surface area (Å²) >= 11 is 0. The molecule has 4 heteroatoms. The molecule has 1 rings (SSSR count). The summed E-state index contributed by atoms with van der Waals surface area (Å²) in [4.78, 5) is -0.0343. The van der Waals surface area contributed by atoms with Crippen LogP contribution in [0.1, 0.15) is 51.0 Å². The zero-order valence-electron chi connectivity index (χ0n) is 10.4. The predicted molar refractivity (Wildman–Crippen MR) is 68.8 cm³/mol. The normalized spacial score (nSPS) is 12.0. The van der Waals surface area contributed by atoms with E-state index in [0.717, 1.165) is 31.2 Å². The molecule has 1 aromatic carbocycles. The first-order valence-corrected chi connectivity index (χ1v) is 7.50. The van der Waals surface area contributed by atoms with Gasteiger partial charge in [-0.2, -0.15) is 8.42 Å². The average molecular weight is 256 g/mol. The third-order valence-electron chi connectivity index (χ3n) is 2.92. The SMILES string of the molecule is CCCC(CCC)c1ccc(S(=O)(=O)O)cc1. The van der Waals surface area contributed by atoms with Crippen LogP contribution in [-0.4, -0.2) is 13.0 Å². The lowest BCUT2D eigenvalue weighted by atomic mass is 9.90. The Balaban J connectivity index is 2.91. The molecule has 1 aromatic rings. The molecular weight excluding hydrogens is 236 g/mol. The van der Waals surface area contributed by atoms with Crippen LogP contribution < -0.4 is 0 Å². The van der Waals surface area contributed by atoms with E-state index >= 15 is 0 Å². The molecule has 3 nitrogen and oxygen atoms in total. The number of rotatable bonds is 6. The highest BCUT2D eigenvalue weighted by atomic mass is 32.2. The van der Waals surface area contributed by atoms with Crippen LogP contribution in [0.4, 0.5) is 0 Å². The molecule has 0 bridgehead atoms. The highest BCUT2D eigenvalue weighted by Gasteiger charge is 2.12. The average Bonchev–Trinajstić information content (AvgIpc) is 2.28. The molecule has 0 aromatic heterocycles. The molecule has 0 fully saturated rings. The van der Waals surface area contributed by atoms with Crippen molar-refractivity contribution in [3.63, 3.8) is 0 Å². The smallest absolute Gasteiger partial charge is 0.282 e. The van der Waals surface area contributed by atoms with E-state index in [9.17, 15) is 8.42 Å². The van der Waals surface area contributed by atoms with Crippen molar-refractivity contribution in [3.05, 3.63) is 29.8 Å². The van der Waals surface area contributed by atoms with Gasteiger partial charge in [-0.3, -0.25) is 4.55 Å². The first-order chi connectivity index (χ1) is 7.99. The Morgan fingerprint density at radius 3 is 1.88 bits per heavy atom. The fourth-order valence-corrected chi connectivity index (χ4v) is 2.57. The van der Waals surface area contributed by atoms with Gasteiger partial charge >= 0.3 is 0 Å². The molecule has 0 aliphatic carbocycles. The van der Waals surface area contributed by atoms with E-state index in [0.29, 0.717) is 5.92 Å². The molecule has 0 spiro atoms. The minimum Gasteiger partial charge on any atom is -0.282 e. The molecule has 0 saturated heterocycles. The van der Waals surface area contributed by atoms with Crippen molar-refractivity contribution in [1.82, 2.24) is 0 Å². The van der Waals surface area contributed by atoms with Gasteiger partial charge in [0.05, 0.1) is 4.90 Å². The van der Waals surface area contributed by atoms with E-state index in [-0.39, 0.29) is 4.90 Å². The Morgan fingerprint density at radius 2 is 1.53 bits per heavy atom. The monoisotopic (exact) mass is 256 g/mol. The third kappa shape index (κ3) is 4.13. The fourth-order valence-electron chi connectivity index (χ4n) is 2.09. The summed E-state index contributed by atoms with van der Waals surface area (Å²) in [7, 11) is -4.07. The third-order valence-corrected chi connectivity index (χ3v) is 3.79. The van der Waals surface area contributed by atoms with Crippen molar-refractivity contribution in [3.8, 4) is 0 Å². The van der Waals surface area contributed by atoms with Gasteiger partial charge in [0.1, 0.15) is 0 Å². The summed E-state index contributed by atoms with van der Waals surface area (Å²) in [6.07, 6.45) is 4.45. The molecule has 0 unspecified atom stereocenters. The zero-order valence-corrected chi connectivity index (χ0v) is 11.2. The Hall–Kier alpha value is -0.870. The van der Waals surface area contributed by atoms with E-state index in [1.807, 2.05) is 0 Å². The molecular formula is C13H20O3S. The van der Waals surface area contributed by atoms with Crippen LogP contribution in [0.25, 0.3) is 0 Å². The Labute approximate surface area is 104 Å². The molecule has 0 saturated carbocycles. The largest absolute Gasteiger partial charge is 0.294 e. The van der Waals surface area contributed by atoms with Gasteiger partial charge in [-0.25, -0.2) is 0 Å². The Morgan fingerprint density at radius 1 is 1.06 bits per heavy atom. The summed E-state index contributed by atoms with van der Waals surface area (Å²) in [5, 5.41) is 0. The van der Waals surface area contributed by atoms with Crippen LogP contribution in [0.5, 0.6) is 0 Å². The molecule has 17 heavy (non-hydrogen) atoms. The van der Waals surface area contributed by atoms with E-state index < -0.39 is 10.1 Å². The van der Waals surface area contributed by atoms with Crippen molar-refractivity contribution < 1.29 is 13.0 Å². The highest BCUT2D eigenvalue weighted by Crippen LogP contribution is 2.27. The van der Waals surface area contributed by atoms with Crippen LogP contribution in [0, 0.1) is 0 Å². The van der Waals surface area contributed by atoms with Crippen molar-refractivity contribution in [2.24, 2.45) is 0 Å². The maximum absolute atomic E-state index is 10.9. The lowest BCUT2D eigenvalue weighted by Gasteiger charge is -2.15. The van der Waals surface area contributed by atoms with Gasteiger partial charge in [0.2, 0.25) is 0 Å². The van der Waals surface area contributed by atoms with E-state index in [4.69, 9.17) is 4.55 Å². The summed E-state index contributed by atoms with van der Waals surface area (Å²) in [5.74, 6) is 0.487. The van der Waals surface area contributed by atoms with Crippen molar-refractivity contribution >= 4 is 10.1 Å². The summed E-state index contributed by atoms with van der Waals surface area (Å²) in [5.41, 5.74) is 1.15. The van der Waals surface area contributed by atoms with Crippen LogP contribution in [-0.2, 0) is 10.1 Å². The Kier molecular flexibility index (Phi) is 5.15. The summed E-state index contributed by atoms with van der Waals surface area (Å²) in [6.45, 7) is 4.30. The minimum absolute atomic E-state index is 0.0343. The van der Waals surface area contributed by atoms with Gasteiger partial charge in [0.25, 0.3) is 10.1 Å². The molecule has 0 amide bonds. The molecule has 1 N–H and O–H groups in total. The molecule has 0 aliphatic rings. The number of hydrogen-bond donors (Lipinski definition) is 1. The van der Waals surface area contributed by atoms with Gasteiger partial charge in [-0.05, 0) is 36.5 Å². The van der Waals surface area contributed by atoms with E-state index in [2.05, 4.69) is 13.8 Å². The predicted octanol–water partition coefficient (Wildman–Crippen LogP) is 3.62. The van der Waals surface area contributed by atoms with E-state index in [1.165, 1.54) is 12.1 Å². The van der Waals surface area contributed by atoms with Gasteiger partial charge in [-0.1, -0.05) is 38.8 Å². The van der Waals surface area contributed by atoms with Gasteiger partial charge in [-0.15, -0.1) is 0 Å². The minimum atomic E-state index is -4.07. The first kappa shape index (κ1) is 14.2. The van der Waals surface area contributed by atoms with Crippen LogP contribution in [0.3, 0.4) is 0 Å². The quantitative estimate of drug-likeness (QED) is 0.791. The summed E-state index contributed by atoms with van der Waals surface area (Å²) in [6, 6.07) is 6.56. The maximum Gasteiger partial charge on any atom is 0.294 e. The molecule has 0 aliphatic heterocycles. The lowest BCUT2D eigenvalue weighted by molar-refractivity contribution is 0.483. The second-order valence-electron chi connectivity index (χ2n) is 4.32. The molecule has 0 radical (unpaired) electrons. The maximum atomic E-state index is 10.9. The van der Waals surface area contributed by atoms with Gasteiger partial charge in [0, 0.05) is 0 Å². The topological polar surface area (TPSA) is 54.4 Å². The molecule has 96 valence electrons. The number of benzene rings is 1. The molecule has 0 heterocycles. The van der Waals surface area contributed by atoms with Crippen LogP contribution in [0.2, 0.25) is 0 Å². The standard InChI is InChI=1S/C13H20O3S/c1-3-5-11(6-4-2)12-7-9-13(10-8-12)17(14,15)16/h7-11H,3-6H2,1-2H3,(H,14,15,16). The van der Waals surface area contributed by atoms with Crippen molar-refractivity contribution in [2.45, 2.75) is 50.3 Å². The lowest BCUT2D eigenvalue weighted by Crippen LogP contribution is -2.01. The first-order valence-electron chi connectivity index (χ1n) is 6.06. The van der Waals surface area contributed by atoms with Gasteiger partial charge in [0.15, 0.2) is 0 Å². The second kappa shape index (κ2) is 6.17. The van der Waals surface area contributed by atoms with Gasteiger partial charge < -0.3 is 0 Å². The highest BCUT2D eigenvalue weighted by molar-refractivity contribution is 7.85. The molecule has 0 atom stereocenters. The van der Waals surface area contributed by atoms with Crippen LogP contribution >= 0.6 is 0 Å². The van der Waals surface area contributed by atoms with E-state index in [1.54, 1.807) is 12.1 Å². The Bertz CT molecular complexity index is 428. The van der Waals surface area contributed by atoms with Crippen molar-refractivity contribution in [1.29, 1.82) is 0 Å². The van der Waals surface area contributed by atoms with Crippen LogP contribution in [0.15, 0.2) is 29.2 Å². The van der Waals surface area contributed by atoms with Crippen molar-refractivity contribution in [2.75, 3.05) is 0 Å².